The van der Waals surface area contributed by atoms with Crippen molar-refractivity contribution in [2.45, 2.75) is 30.0 Å². The molecule has 1 fully saturated rings. The van der Waals surface area contributed by atoms with E-state index in [4.69, 9.17) is 11.6 Å². The first-order valence-corrected chi connectivity index (χ1v) is 5.83. The highest BCUT2D eigenvalue weighted by molar-refractivity contribution is 6.30. The molecule has 1 aliphatic heterocycles. The molecule has 0 aromatic carbocycles. The van der Waals surface area contributed by atoms with Gasteiger partial charge in [-0.15, -0.1) is 0 Å². The Morgan fingerprint density at radius 3 is 2.67 bits per heavy atom. The minimum Gasteiger partial charge on any atom is -0.380 e. The second kappa shape index (κ2) is 3.30. The summed E-state index contributed by atoms with van der Waals surface area (Å²) in [6.45, 7) is 0.355. The average molecular weight is 279 g/mol. The lowest BCUT2D eigenvalue weighted by Crippen LogP contribution is -2.63. The fourth-order valence-electron chi connectivity index (χ4n) is 2.92. The number of rotatable bonds is 0. The number of hydrogen-bond acceptors (Lipinski definition) is 3. The summed E-state index contributed by atoms with van der Waals surface area (Å²) in [7, 11) is 0. The molecule has 0 saturated heterocycles. The van der Waals surface area contributed by atoms with E-state index in [9.17, 15) is 18.3 Å². The van der Waals surface area contributed by atoms with Crippen LogP contribution in [0.15, 0.2) is 12.3 Å². The molecular formula is C11H10ClF3N2O. The van der Waals surface area contributed by atoms with Gasteiger partial charge in [-0.25, -0.2) is 4.98 Å². The Bertz CT molecular complexity index is 512. The highest BCUT2D eigenvalue weighted by atomic mass is 35.5. The van der Waals surface area contributed by atoms with Crippen molar-refractivity contribution in [2.75, 3.05) is 11.9 Å². The fourth-order valence-corrected chi connectivity index (χ4v) is 3.07. The van der Waals surface area contributed by atoms with Crippen LogP contribution in [0.2, 0.25) is 5.02 Å². The van der Waals surface area contributed by atoms with E-state index in [1.165, 1.54) is 6.20 Å². The van der Waals surface area contributed by atoms with Crippen LogP contribution >= 0.6 is 11.6 Å². The lowest BCUT2D eigenvalue weighted by atomic mass is 9.57. The quantitative estimate of drug-likeness (QED) is 0.766. The van der Waals surface area contributed by atoms with Crippen molar-refractivity contribution < 1.29 is 18.3 Å². The van der Waals surface area contributed by atoms with E-state index >= 15 is 0 Å². The van der Waals surface area contributed by atoms with Gasteiger partial charge in [0.15, 0.2) is 5.60 Å². The summed E-state index contributed by atoms with van der Waals surface area (Å²) < 4.78 is 38.0. The maximum absolute atomic E-state index is 12.7. The number of nitrogens with zero attached hydrogens (tertiary/aromatic N) is 1. The number of aliphatic hydroxyl groups is 1. The predicted octanol–water partition coefficient (Wildman–Crippen LogP) is 2.49. The molecule has 98 valence electrons. The number of alkyl halides is 3. The van der Waals surface area contributed by atoms with Crippen LogP contribution in [0.3, 0.4) is 0 Å². The molecule has 1 aromatic rings. The number of nitrogens with one attached hydrogen (secondary N) is 1. The molecule has 3 nitrogen and oxygen atoms in total. The summed E-state index contributed by atoms with van der Waals surface area (Å²) in [5, 5.41) is 12.9. The summed E-state index contributed by atoms with van der Waals surface area (Å²) in [5.74, 6) is 0.559. The number of halogens is 4. The molecule has 1 spiro atoms. The third-order valence-electron chi connectivity index (χ3n) is 3.81. The fraction of sp³-hybridized carbons (Fsp3) is 0.545. The van der Waals surface area contributed by atoms with Crippen molar-refractivity contribution in [3.05, 3.63) is 22.8 Å². The SMILES string of the molecule is OC1(C(F)(F)F)CC2(CNc3ncc(Cl)cc32)C1. The predicted molar refractivity (Wildman–Crippen MR) is 59.7 cm³/mol. The molecule has 1 aromatic heterocycles. The lowest BCUT2D eigenvalue weighted by Gasteiger charge is -2.51. The van der Waals surface area contributed by atoms with Crippen molar-refractivity contribution in [1.82, 2.24) is 4.98 Å². The standard InChI is InChI=1S/C11H10ClF3N2O/c12-6-1-7-8(16-2-6)17-5-9(7)3-10(18,4-9)11(13,14)15/h1-2,18H,3-5H2,(H,16,17). The summed E-state index contributed by atoms with van der Waals surface area (Å²) >= 11 is 5.82. The minimum atomic E-state index is -4.59. The van der Waals surface area contributed by atoms with E-state index in [-0.39, 0.29) is 12.8 Å². The molecule has 2 aliphatic rings. The van der Waals surface area contributed by atoms with Crippen molar-refractivity contribution in [1.29, 1.82) is 0 Å². The second-order valence-corrected chi connectivity index (χ2v) is 5.50. The van der Waals surface area contributed by atoms with Gasteiger partial charge in [0, 0.05) is 23.7 Å². The molecule has 0 unspecified atom stereocenters. The van der Waals surface area contributed by atoms with Crippen LogP contribution in [-0.4, -0.2) is 28.4 Å². The van der Waals surface area contributed by atoms with Crippen molar-refractivity contribution in [2.24, 2.45) is 0 Å². The van der Waals surface area contributed by atoms with E-state index in [1.807, 2.05) is 0 Å². The molecule has 0 amide bonds. The number of anilines is 1. The van der Waals surface area contributed by atoms with Gasteiger partial charge >= 0.3 is 6.18 Å². The van der Waals surface area contributed by atoms with Crippen LogP contribution in [0, 0.1) is 0 Å². The molecule has 1 saturated carbocycles. The Morgan fingerprint density at radius 1 is 1.39 bits per heavy atom. The summed E-state index contributed by atoms with van der Waals surface area (Å²) in [5.41, 5.74) is -2.61. The van der Waals surface area contributed by atoms with Gasteiger partial charge in [-0.1, -0.05) is 11.6 Å². The summed E-state index contributed by atoms with van der Waals surface area (Å²) in [6, 6.07) is 1.62. The highest BCUT2D eigenvalue weighted by Gasteiger charge is 2.68. The Labute approximate surface area is 106 Å². The summed E-state index contributed by atoms with van der Waals surface area (Å²) in [4.78, 5) is 4.04. The topological polar surface area (TPSA) is 45.1 Å². The van der Waals surface area contributed by atoms with Crippen molar-refractivity contribution in [3.63, 3.8) is 0 Å². The molecule has 1 aliphatic carbocycles. The first-order valence-electron chi connectivity index (χ1n) is 5.45. The van der Waals surface area contributed by atoms with Crippen LogP contribution in [-0.2, 0) is 5.41 Å². The molecular weight excluding hydrogens is 269 g/mol. The Hall–Kier alpha value is -1.01. The second-order valence-electron chi connectivity index (χ2n) is 5.07. The molecule has 0 bridgehead atoms. The Morgan fingerprint density at radius 2 is 2.06 bits per heavy atom. The largest absolute Gasteiger partial charge is 0.417 e. The number of fused-ring (bicyclic) bond motifs is 2. The van der Waals surface area contributed by atoms with Crippen LogP contribution < -0.4 is 5.32 Å². The van der Waals surface area contributed by atoms with Gasteiger partial charge in [-0.05, 0) is 18.9 Å². The van der Waals surface area contributed by atoms with E-state index < -0.39 is 17.2 Å². The van der Waals surface area contributed by atoms with Crippen LogP contribution in [0.4, 0.5) is 19.0 Å². The summed E-state index contributed by atoms with van der Waals surface area (Å²) in [6.07, 6.45) is -3.83. The average Bonchev–Trinajstić information content (AvgIpc) is 2.55. The third-order valence-corrected chi connectivity index (χ3v) is 4.02. The highest BCUT2D eigenvalue weighted by Crippen LogP contribution is 2.59. The van der Waals surface area contributed by atoms with Gasteiger partial charge in [0.1, 0.15) is 5.82 Å². The van der Waals surface area contributed by atoms with E-state index in [0.29, 0.717) is 22.9 Å². The van der Waals surface area contributed by atoms with E-state index in [0.717, 1.165) is 0 Å². The molecule has 2 N–H and O–H groups in total. The molecule has 0 atom stereocenters. The smallest absolute Gasteiger partial charge is 0.380 e. The number of pyridine rings is 1. The van der Waals surface area contributed by atoms with E-state index in [2.05, 4.69) is 10.3 Å². The van der Waals surface area contributed by atoms with Gasteiger partial charge in [0.2, 0.25) is 0 Å². The zero-order valence-electron chi connectivity index (χ0n) is 9.18. The molecule has 18 heavy (non-hydrogen) atoms. The zero-order valence-corrected chi connectivity index (χ0v) is 9.94. The van der Waals surface area contributed by atoms with Crippen LogP contribution in [0.5, 0.6) is 0 Å². The van der Waals surface area contributed by atoms with Gasteiger partial charge in [0.05, 0.1) is 5.02 Å². The zero-order chi connectivity index (χ0) is 13.2. The minimum absolute atomic E-state index is 0.342. The van der Waals surface area contributed by atoms with Gasteiger partial charge in [0.25, 0.3) is 0 Å². The molecule has 7 heteroatoms. The maximum Gasteiger partial charge on any atom is 0.417 e. The van der Waals surface area contributed by atoms with E-state index in [1.54, 1.807) is 6.07 Å². The van der Waals surface area contributed by atoms with Crippen LogP contribution in [0.25, 0.3) is 0 Å². The maximum atomic E-state index is 12.7. The lowest BCUT2D eigenvalue weighted by molar-refractivity contribution is -0.302. The van der Waals surface area contributed by atoms with Crippen molar-refractivity contribution >= 4 is 17.4 Å². The third kappa shape index (κ3) is 1.45. The Balaban J connectivity index is 1.93. The first kappa shape index (κ1) is 12.0. The molecule has 0 radical (unpaired) electrons. The monoisotopic (exact) mass is 278 g/mol. The normalized spacial score (nSPS) is 34.1. The molecule has 2 heterocycles. The number of hydrogen-bond donors (Lipinski definition) is 2. The van der Waals surface area contributed by atoms with Gasteiger partial charge in [-0.2, -0.15) is 13.2 Å². The van der Waals surface area contributed by atoms with Gasteiger partial charge < -0.3 is 10.4 Å². The van der Waals surface area contributed by atoms with Crippen LogP contribution in [0.1, 0.15) is 18.4 Å². The molecule has 3 rings (SSSR count). The van der Waals surface area contributed by atoms with Gasteiger partial charge in [-0.3, -0.25) is 0 Å². The Kier molecular flexibility index (Phi) is 2.21. The van der Waals surface area contributed by atoms with Crippen molar-refractivity contribution in [3.8, 4) is 0 Å². The first-order chi connectivity index (χ1) is 8.26. The number of aromatic nitrogens is 1.